The Balaban J connectivity index is 1.87. The summed E-state index contributed by atoms with van der Waals surface area (Å²) in [5.74, 6) is 0.959. The predicted octanol–water partition coefficient (Wildman–Crippen LogP) is 1.07. The largest absolute Gasteiger partial charge is 0.394 e. The summed E-state index contributed by atoms with van der Waals surface area (Å²) in [5, 5.41) is 7.79. The monoisotopic (exact) mass is 237 g/mol. The number of anilines is 2. The number of aromatic nitrogens is 2. The van der Waals surface area contributed by atoms with Gasteiger partial charge in [0.2, 0.25) is 0 Å². The Kier molecular flexibility index (Phi) is 3.89. The molecule has 0 amide bonds. The van der Waals surface area contributed by atoms with Crippen molar-refractivity contribution in [1.29, 1.82) is 0 Å². The lowest BCUT2D eigenvalue weighted by Crippen LogP contribution is -2.26. The number of nitrogens with one attached hydrogen (secondary N) is 1. The molecule has 0 bridgehead atoms. The van der Waals surface area contributed by atoms with Crippen LogP contribution in [0.4, 0.5) is 11.5 Å². The van der Waals surface area contributed by atoms with Crippen molar-refractivity contribution in [2.24, 2.45) is 7.05 Å². The zero-order chi connectivity index (χ0) is 12.3. The zero-order valence-electron chi connectivity index (χ0n) is 10.9. The van der Waals surface area contributed by atoms with E-state index in [1.54, 1.807) is 0 Å². The Morgan fingerprint density at radius 3 is 2.65 bits per heavy atom. The predicted molar refractivity (Wildman–Crippen MR) is 71.2 cm³/mol. The molecule has 1 aliphatic heterocycles. The van der Waals surface area contributed by atoms with Crippen molar-refractivity contribution in [2.75, 3.05) is 37.2 Å². The summed E-state index contributed by atoms with van der Waals surface area (Å²) in [6.45, 7) is 6.58. The van der Waals surface area contributed by atoms with E-state index in [2.05, 4.69) is 22.2 Å². The van der Waals surface area contributed by atoms with Crippen molar-refractivity contribution in [3.05, 3.63) is 5.69 Å². The molecule has 0 atom stereocenters. The Morgan fingerprint density at radius 2 is 2.06 bits per heavy atom. The summed E-state index contributed by atoms with van der Waals surface area (Å²) in [5.41, 5.74) is 7.83. The Labute approximate surface area is 103 Å². The second kappa shape index (κ2) is 5.40. The van der Waals surface area contributed by atoms with Crippen LogP contribution in [0, 0.1) is 0 Å². The quantitative estimate of drug-likeness (QED) is 0.804. The lowest BCUT2D eigenvalue weighted by atomic mass is 10.3. The first-order valence-electron chi connectivity index (χ1n) is 6.50. The number of aryl methyl sites for hydroxylation is 2. The minimum absolute atomic E-state index is 0.802. The van der Waals surface area contributed by atoms with Crippen LogP contribution in [0.5, 0.6) is 0 Å². The van der Waals surface area contributed by atoms with Crippen LogP contribution in [0.1, 0.15) is 25.5 Å². The highest BCUT2D eigenvalue weighted by molar-refractivity contribution is 5.64. The van der Waals surface area contributed by atoms with Crippen LogP contribution in [-0.4, -0.2) is 40.9 Å². The number of rotatable bonds is 5. The average Bonchev–Trinajstić information content (AvgIpc) is 2.91. The molecule has 1 aromatic heterocycles. The van der Waals surface area contributed by atoms with E-state index < -0.39 is 0 Å². The van der Waals surface area contributed by atoms with E-state index in [9.17, 15) is 0 Å². The second-order valence-corrected chi connectivity index (χ2v) is 4.66. The standard InChI is InChI=1S/C12H23N5/c1-3-10-11(13)12(16(2)15-10)14-6-9-17-7-4-5-8-17/h14H,3-9,13H2,1-2H3. The lowest BCUT2D eigenvalue weighted by molar-refractivity contribution is 0.352. The molecular formula is C12H23N5. The maximum Gasteiger partial charge on any atom is 0.147 e. The van der Waals surface area contributed by atoms with E-state index in [-0.39, 0.29) is 0 Å². The van der Waals surface area contributed by atoms with Gasteiger partial charge in [-0.1, -0.05) is 6.92 Å². The summed E-state index contributed by atoms with van der Waals surface area (Å²) in [7, 11) is 1.94. The molecule has 2 rings (SSSR count). The van der Waals surface area contributed by atoms with Crippen molar-refractivity contribution in [3.8, 4) is 0 Å². The first-order valence-corrected chi connectivity index (χ1v) is 6.50. The van der Waals surface area contributed by atoms with Crippen LogP contribution in [-0.2, 0) is 13.5 Å². The van der Waals surface area contributed by atoms with E-state index in [1.807, 2.05) is 11.7 Å². The van der Waals surface area contributed by atoms with Gasteiger partial charge >= 0.3 is 0 Å². The van der Waals surface area contributed by atoms with E-state index in [1.165, 1.54) is 25.9 Å². The summed E-state index contributed by atoms with van der Waals surface area (Å²) in [6.07, 6.45) is 3.56. The number of nitrogens with zero attached hydrogens (tertiary/aromatic N) is 3. The van der Waals surface area contributed by atoms with Gasteiger partial charge in [0.05, 0.1) is 11.4 Å². The van der Waals surface area contributed by atoms with Crippen molar-refractivity contribution in [2.45, 2.75) is 26.2 Å². The van der Waals surface area contributed by atoms with Crippen LogP contribution in [0.2, 0.25) is 0 Å². The van der Waals surface area contributed by atoms with Gasteiger partial charge in [0.1, 0.15) is 5.82 Å². The van der Waals surface area contributed by atoms with Gasteiger partial charge in [0, 0.05) is 20.1 Å². The number of likely N-dealkylation sites (tertiary alicyclic amines) is 1. The fraction of sp³-hybridized carbons (Fsp3) is 0.750. The third kappa shape index (κ3) is 2.72. The minimum Gasteiger partial charge on any atom is -0.394 e. The third-order valence-corrected chi connectivity index (χ3v) is 3.41. The van der Waals surface area contributed by atoms with Crippen LogP contribution in [0.25, 0.3) is 0 Å². The molecule has 17 heavy (non-hydrogen) atoms. The average molecular weight is 237 g/mol. The van der Waals surface area contributed by atoms with E-state index in [0.29, 0.717) is 0 Å². The fourth-order valence-corrected chi connectivity index (χ4v) is 2.41. The molecule has 0 aromatic carbocycles. The highest BCUT2D eigenvalue weighted by atomic mass is 15.3. The third-order valence-electron chi connectivity index (χ3n) is 3.41. The summed E-state index contributed by atoms with van der Waals surface area (Å²) in [4.78, 5) is 2.49. The van der Waals surface area contributed by atoms with Crippen LogP contribution in [0.3, 0.4) is 0 Å². The molecule has 1 saturated heterocycles. The van der Waals surface area contributed by atoms with E-state index >= 15 is 0 Å². The van der Waals surface area contributed by atoms with Gasteiger partial charge in [0.25, 0.3) is 0 Å². The molecular weight excluding hydrogens is 214 g/mol. The van der Waals surface area contributed by atoms with Gasteiger partial charge < -0.3 is 16.0 Å². The van der Waals surface area contributed by atoms with Gasteiger partial charge in [-0.2, -0.15) is 5.10 Å². The molecule has 0 aliphatic carbocycles. The molecule has 0 spiro atoms. The summed E-state index contributed by atoms with van der Waals surface area (Å²) < 4.78 is 1.85. The molecule has 96 valence electrons. The first kappa shape index (κ1) is 12.2. The van der Waals surface area contributed by atoms with Crippen LogP contribution < -0.4 is 11.1 Å². The van der Waals surface area contributed by atoms with E-state index in [0.717, 1.165) is 36.7 Å². The topological polar surface area (TPSA) is 59.1 Å². The molecule has 0 saturated carbocycles. The Hall–Kier alpha value is -1.23. The van der Waals surface area contributed by atoms with Gasteiger partial charge in [-0.05, 0) is 32.4 Å². The zero-order valence-corrected chi connectivity index (χ0v) is 10.9. The molecule has 0 radical (unpaired) electrons. The normalized spacial score (nSPS) is 16.6. The van der Waals surface area contributed by atoms with Gasteiger partial charge in [-0.15, -0.1) is 0 Å². The lowest BCUT2D eigenvalue weighted by Gasteiger charge is -2.15. The smallest absolute Gasteiger partial charge is 0.147 e. The minimum atomic E-state index is 0.802. The maximum atomic E-state index is 6.05. The molecule has 5 nitrogen and oxygen atoms in total. The molecule has 1 aliphatic rings. The Bertz CT molecular complexity index is 365. The van der Waals surface area contributed by atoms with Crippen molar-refractivity contribution >= 4 is 11.5 Å². The maximum absolute atomic E-state index is 6.05. The fourth-order valence-electron chi connectivity index (χ4n) is 2.41. The van der Waals surface area contributed by atoms with Gasteiger partial charge in [0.15, 0.2) is 0 Å². The molecule has 1 fully saturated rings. The molecule has 3 N–H and O–H groups in total. The van der Waals surface area contributed by atoms with Gasteiger partial charge in [-0.25, -0.2) is 0 Å². The van der Waals surface area contributed by atoms with Crippen molar-refractivity contribution in [3.63, 3.8) is 0 Å². The summed E-state index contributed by atoms with van der Waals surface area (Å²) >= 11 is 0. The van der Waals surface area contributed by atoms with E-state index in [4.69, 9.17) is 5.73 Å². The number of nitrogen functional groups attached to an aromatic ring is 1. The molecule has 5 heteroatoms. The highest BCUT2D eigenvalue weighted by Crippen LogP contribution is 2.21. The number of hydrogen-bond donors (Lipinski definition) is 2. The molecule has 1 aromatic rings. The highest BCUT2D eigenvalue weighted by Gasteiger charge is 2.13. The number of hydrogen-bond acceptors (Lipinski definition) is 4. The first-order chi connectivity index (χ1) is 8.22. The SMILES string of the molecule is CCc1nn(C)c(NCCN2CCCC2)c1N. The van der Waals surface area contributed by atoms with Crippen molar-refractivity contribution < 1.29 is 0 Å². The van der Waals surface area contributed by atoms with Crippen molar-refractivity contribution in [1.82, 2.24) is 14.7 Å². The Morgan fingerprint density at radius 1 is 1.35 bits per heavy atom. The van der Waals surface area contributed by atoms with Crippen LogP contribution >= 0.6 is 0 Å². The second-order valence-electron chi connectivity index (χ2n) is 4.66. The van der Waals surface area contributed by atoms with Crippen LogP contribution in [0.15, 0.2) is 0 Å². The van der Waals surface area contributed by atoms with Gasteiger partial charge in [-0.3, -0.25) is 4.68 Å². The number of nitrogens with two attached hydrogens (primary N) is 1. The summed E-state index contributed by atoms with van der Waals surface area (Å²) in [6, 6.07) is 0. The molecule has 0 unspecified atom stereocenters. The molecule has 2 heterocycles.